The molecule has 13 heavy (non-hydrogen) atoms. The third kappa shape index (κ3) is 2.13. The minimum absolute atomic E-state index is 0.0787. The molecule has 0 amide bonds. The fourth-order valence-electron chi connectivity index (χ4n) is 0.862. The number of halogens is 4. The summed E-state index contributed by atoms with van der Waals surface area (Å²) in [6.45, 7) is 0. The summed E-state index contributed by atoms with van der Waals surface area (Å²) >= 11 is 2.81. The minimum atomic E-state index is -4.37. The number of nitrogen functional groups attached to an aromatic ring is 1. The predicted molar refractivity (Wildman–Crippen MR) is 47.0 cm³/mol. The van der Waals surface area contributed by atoms with Crippen LogP contribution in [0.5, 0.6) is 0 Å². The van der Waals surface area contributed by atoms with Gasteiger partial charge in [-0.15, -0.1) is 0 Å². The van der Waals surface area contributed by atoms with E-state index in [0.717, 1.165) is 6.07 Å². The molecule has 0 aliphatic heterocycles. The molecule has 1 rings (SSSR count). The summed E-state index contributed by atoms with van der Waals surface area (Å²) in [7, 11) is 0. The van der Waals surface area contributed by atoms with Crippen LogP contribution in [0.1, 0.15) is 5.56 Å². The van der Waals surface area contributed by atoms with Crippen LogP contribution in [0.2, 0.25) is 0 Å². The number of anilines is 1. The van der Waals surface area contributed by atoms with Crippen LogP contribution >= 0.6 is 15.9 Å². The van der Waals surface area contributed by atoms with Gasteiger partial charge in [-0.1, -0.05) is 6.07 Å². The largest absolute Gasteiger partial charge is 0.417 e. The lowest BCUT2D eigenvalue weighted by molar-refractivity contribution is -0.138. The van der Waals surface area contributed by atoms with Crippen molar-refractivity contribution in [3.63, 3.8) is 0 Å². The van der Waals surface area contributed by atoms with Crippen LogP contribution in [0.15, 0.2) is 22.7 Å². The molecule has 6 heteroatoms. The summed E-state index contributed by atoms with van der Waals surface area (Å²) in [6.07, 6.45) is -4.37. The molecule has 0 bridgehead atoms. The molecule has 0 fully saturated rings. The standard InChI is InChI=1S/C7H6BrF3N2/c8-6-4(7(9,10)11)2-1-3-5(6)13-12/h1-3,13H,12H2. The molecule has 1 aromatic carbocycles. The molecule has 2 nitrogen and oxygen atoms in total. The van der Waals surface area contributed by atoms with Crippen molar-refractivity contribution < 1.29 is 13.2 Å². The average molecular weight is 255 g/mol. The quantitative estimate of drug-likeness (QED) is 0.598. The number of hydrogen-bond acceptors (Lipinski definition) is 2. The molecular formula is C7H6BrF3N2. The molecule has 0 unspecified atom stereocenters. The Morgan fingerprint density at radius 3 is 2.38 bits per heavy atom. The first-order valence-electron chi connectivity index (χ1n) is 3.29. The van der Waals surface area contributed by atoms with Gasteiger partial charge in [-0.05, 0) is 28.1 Å². The Balaban J connectivity index is 3.24. The summed E-state index contributed by atoms with van der Waals surface area (Å²) in [5.41, 5.74) is 1.62. The Kier molecular flexibility index (Phi) is 2.82. The van der Waals surface area contributed by atoms with Crippen molar-refractivity contribution in [2.75, 3.05) is 5.43 Å². The lowest BCUT2D eigenvalue weighted by atomic mass is 10.2. The van der Waals surface area contributed by atoms with Crippen LogP contribution in [0.4, 0.5) is 18.9 Å². The fourth-order valence-corrected chi connectivity index (χ4v) is 1.47. The van der Waals surface area contributed by atoms with Gasteiger partial charge in [0.05, 0.1) is 15.7 Å². The van der Waals surface area contributed by atoms with Crippen LogP contribution in [-0.2, 0) is 6.18 Å². The number of nitrogens with two attached hydrogens (primary N) is 1. The van der Waals surface area contributed by atoms with Crippen LogP contribution in [-0.4, -0.2) is 0 Å². The van der Waals surface area contributed by atoms with E-state index in [1.54, 1.807) is 0 Å². The molecule has 0 radical (unpaired) electrons. The second-order valence-electron chi connectivity index (χ2n) is 2.31. The van der Waals surface area contributed by atoms with Gasteiger partial charge in [-0.3, -0.25) is 5.84 Å². The Morgan fingerprint density at radius 1 is 1.31 bits per heavy atom. The summed E-state index contributed by atoms with van der Waals surface area (Å²) in [6, 6.07) is 3.70. The Hall–Kier alpha value is -0.750. The van der Waals surface area contributed by atoms with Gasteiger partial charge in [0.25, 0.3) is 0 Å². The molecule has 0 atom stereocenters. The third-order valence-electron chi connectivity index (χ3n) is 1.46. The third-order valence-corrected chi connectivity index (χ3v) is 2.31. The van der Waals surface area contributed by atoms with E-state index in [0.29, 0.717) is 0 Å². The lowest BCUT2D eigenvalue weighted by Crippen LogP contribution is -2.11. The van der Waals surface area contributed by atoms with Gasteiger partial charge in [0.15, 0.2) is 0 Å². The highest BCUT2D eigenvalue weighted by molar-refractivity contribution is 9.10. The Bertz CT molecular complexity index is 311. The van der Waals surface area contributed by atoms with E-state index in [1.807, 2.05) is 0 Å². The van der Waals surface area contributed by atoms with Crippen molar-refractivity contribution in [2.24, 2.45) is 5.84 Å². The lowest BCUT2D eigenvalue weighted by Gasteiger charge is -2.11. The van der Waals surface area contributed by atoms with E-state index in [4.69, 9.17) is 5.84 Å². The number of nitrogens with one attached hydrogen (secondary N) is 1. The summed E-state index contributed by atoms with van der Waals surface area (Å²) < 4.78 is 36.7. The fraction of sp³-hybridized carbons (Fsp3) is 0.143. The van der Waals surface area contributed by atoms with Crippen LogP contribution in [0, 0.1) is 0 Å². The number of rotatable bonds is 1. The summed E-state index contributed by atoms with van der Waals surface area (Å²) in [5, 5.41) is 0. The van der Waals surface area contributed by atoms with Crippen molar-refractivity contribution in [1.29, 1.82) is 0 Å². The van der Waals surface area contributed by atoms with Gasteiger partial charge >= 0.3 is 6.18 Å². The van der Waals surface area contributed by atoms with Gasteiger partial charge in [-0.25, -0.2) is 0 Å². The van der Waals surface area contributed by atoms with Gasteiger partial charge in [0.1, 0.15) is 0 Å². The molecule has 0 saturated carbocycles. The highest BCUT2D eigenvalue weighted by Gasteiger charge is 2.33. The molecule has 72 valence electrons. The topological polar surface area (TPSA) is 38.0 Å². The van der Waals surface area contributed by atoms with Crippen LogP contribution < -0.4 is 11.3 Å². The van der Waals surface area contributed by atoms with Crippen molar-refractivity contribution >= 4 is 21.6 Å². The normalized spacial score (nSPS) is 11.5. The molecule has 0 aromatic heterocycles. The molecule has 0 heterocycles. The summed E-state index contributed by atoms with van der Waals surface area (Å²) in [4.78, 5) is 0. The monoisotopic (exact) mass is 254 g/mol. The first-order valence-corrected chi connectivity index (χ1v) is 4.08. The van der Waals surface area contributed by atoms with Gasteiger partial charge in [-0.2, -0.15) is 13.2 Å². The highest BCUT2D eigenvalue weighted by Crippen LogP contribution is 2.37. The average Bonchev–Trinajstić information content (AvgIpc) is 2.02. The predicted octanol–water partition coefficient (Wildman–Crippen LogP) is 2.75. The number of hydrazine groups is 1. The Morgan fingerprint density at radius 2 is 1.92 bits per heavy atom. The second-order valence-corrected chi connectivity index (χ2v) is 3.10. The van der Waals surface area contributed by atoms with Gasteiger partial charge in [0.2, 0.25) is 0 Å². The first kappa shape index (κ1) is 10.3. The van der Waals surface area contributed by atoms with Crippen molar-refractivity contribution in [3.8, 4) is 0 Å². The maximum absolute atomic E-state index is 12.3. The zero-order valence-electron chi connectivity index (χ0n) is 6.32. The van der Waals surface area contributed by atoms with Crippen molar-refractivity contribution in [3.05, 3.63) is 28.2 Å². The van der Waals surface area contributed by atoms with E-state index in [2.05, 4.69) is 21.4 Å². The first-order chi connectivity index (χ1) is 5.96. The summed E-state index contributed by atoms with van der Waals surface area (Å²) in [5.74, 6) is 5.02. The van der Waals surface area contributed by atoms with E-state index >= 15 is 0 Å². The molecule has 3 N–H and O–H groups in total. The zero-order valence-corrected chi connectivity index (χ0v) is 7.91. The second kappa shape index (κ2) is 3.55. The van der Waals surface area contributed by atoms with Gasteiger partial charge in [0, 0.05) is 0 Å². The zero-order chi connectivity index (χ0) is 10.1. The van der Waals surface area contributed by atoms with E-state index < -0.39 is 11.7 Å². The molecule has 0 saturated heterocycles. The smallest absolute Gasteiger partial charge is 0.323 e. The minimum Gasteiger partial charge on any atom is -0.323 e. The van der Waals surface area contributed by atoms with Gasteiger partial charge < -0.3 is 5.43 Å². The maximum Gasteiger partial charge on any atom is 0.417 e. The maximum atomic E-state index is 12.3. The van der Waals surface area contributed by atoms with E-state index in [-0.39, 0.29) is 10.2 Å². The SMILES string of the molecule is NNc1cccc(C(F)(F)F)c1Br. The highest BCUT2D eigenvalue weighted by atomic mass is 79.9. The molecular weight excluding hydrogens is 249 g/mol. The molecule has 1 aromatic rings. The van der Waals surface area contributed by atoms with Crippen molar-refractivity contribution in [2.45, 2.75) is 6.18 Å². The molecule has 0 aliphatic rings. The van der Waals surface area contributed by atoms with Crippen molar-refractivity contribution in [1.82, 2.24) is 0 Å². The molecule has 0 aliphatic carbocycles. The number of benzene rings is 1. The van der Waals surface area contributed by atoms with Crippen LogP contribution in [0.25, 0.3) is 0 Å². The molecule has 0 spiro atoms. The van der Waals surface area contributed by atoms with E-state index in [1.165, 1.54) is 12.1 Å². The van der Waals surface area contributed by atoms with Crippen LogP contribution in [0.3, 0.4) is 0 Å². The van der Waals surface area contributed by atoms with E-state index in [9.17, 15) is 13.2 Å². The number of hydrogen-bond donors (Lipinski definition) is 2. The number of alkyl halides is 3. The Labute approximate surface area is 81.0 Å².